The number of benzene rings is 5. The molecule has 0 aromatic heterocycles. The van der Waals surface area contributed by atoms with Gasteiger partial charge in [-0.05, 0) is 49.9 Å². The Balaban J connectivity index is 1.39. The minimum atomic E-state index is -0.499. The number of aliphatic hydroxyl groups is 1. The van der Waals surface area contributed by atoms with Crippen LogP contribution in [-0.2, 0) is 6.54 Å². The van der Waals surface area contributed by atoms with Gasteiger partial charge in [-0.3, -0.25) is 0 Å². The molecule has 3 heterocycles. The van der Waals surface area contributed by atoms with E-state index in [0.717, 1.165) is 36.1 Å². The number of hydrogen-bond donors (Lipinski definition) is 1. The lowest BCUT2D eigenvalue weighted by atomic mass is 9.70. The second kappa shape index (κ2) is 8.83. The SMILES string of the molecule is C=C[C@@H]1C[N@+]2(Cc3c4ccccc4cc4ccccc34)CC[C@H]1C[C@@H]2[C@@H](O)c1cccc2ccccc12. The lowest BCUT2D eigenvalue weighted by molar-refractivity contribution is -0.984. The van der Waals surface area contributed by atoms with Gasteiger partial charge in [0.15, 0.2) is 0 Å². The average Bonchev–Trinajstić information content (AvgIpc) is 2.96. The molecule has 2 heteroatoms. The van der Waals surface area contributed by atoms with Crippen LogP contribution in [0, 0.1) is 11.8 Å². The van der Waals surface area contributed by atoms with Gasteiger partial charge in [0.2, 0.25) is 0 Å². The number of aliphatic hydroxyl groups excluding tert-OH is 1. The topological polar surface area (TPSA) is 20.2 Å². The van der Waals surface area contributed by atoms with Gasteiger partial charge in [0.25, 0.3) is 0 Å². The van der Waals surface area contributed by atoms with E-state index in [1.807, 2.05) is 0 Å². The highest BCUT2D eigenvalue weighted by Gasteiger charge is 2.54. The van der Waals surface area contributed by atoms with Crippen molar-refractivity contribution in [1.29, 1.82) is 0 Å². The van der Waals surface area contributed by atoms with Crippen LogP contribution in [0.15, 0.2) is 110 Å². The normalized spacial score (nSPS) is 26.0. The first kappa shape index (κ1) is 22.7. The van der Waals surface area contributed by atoms with Gasteiger partial charge < -0.3 is 9.59 Å². The maximum Gasteiger partial charge on any atom is 0.131 e. The van der Waals surface area contributed by atoms with E-state index >= 15 is 0 Å². The van der Waals surface area contributed by atoms with Crippen molar-refractivity contribution in [3.63, 3.8) is 0 Å². The molecule has 37 heavy (non-hydrogen) atoms. The fraction of sp³-hybridized carbons (Fsp3) is 0.257. The summed E-state index contributed by atoms with van der Waals surface area (Å²) in [6, 6.07) is 35.0. The molecule has 3 saturated heterocycles. The quantitative estimate of drug-likeness (QED) is 0.153. The van der Waals surface area contributed by atoms with E-state index in [-0.39, 0.29) is 6.04 Å². The second-order valence-electron chi connectivity index (χ2n) is 11.3. The summed E-state index contributed by atoms with van der Waals surface area (Å²) in [6.45, 7) is 7.34. The number of rotatable bonds is 5. The molecule has 0 radical (unpaired) electrons. The van der Waals surface area contributed by atoms with Gasteiger partial charge in [0.1, 0.15) is 18.7 Å². The molecule has 5 aromatic rings. The summed E-state index contributed by atoms with van der Waals surface area (Å²) < 4.78 is 0.926. The van der Waals surface area contributed by atoms with Crippen molar-refractivity contribution in [3.05, 3.63) is 121 Å². The first-order chi connectivity index (χ1) is 18.2. The monoisotopic (exact) mass is 484 g/mol. The smallest absolute Gasteiger partial charge is 0.131 e. The summed E-state index contributed by atoms with van der Waals surface area (Å²) in [7, 11) is 0. The first-order valence-corrected chi connectivity index (χ1v) is 13.7. The van der Waals surface area contributed by atoms with Gasteiger partial charge in [-0.1, -0.05) is 97.1 Å². The molecule has 0 spiro atoms. The van der Waals surface area contributed by atoms with Crippen LogP contribution in [-0.4, -0.2) is 28.7 Å². The van der Waals surface area contributed by atoms with Crippen LogP contribution >= 0.6 is 0 Å². The van der Waals surface area contributed by atoms with Gasteiger partial charge in [0, 0.05) is 24.3 Å². The van der Waals surface area contributed by atoms with Crippen molar-refractivity contribution in [1.82, 2.24) is 0 Å². The summed E-state index contributed by atoms with van der Waals surface area (Å²) >= 11 is 0. The Morgan fingerprint density at radius 2 is 1.43 bits per heavy atom. The van der Waals surface area contributed by atoms with Gasteiger partial charge in [-0.2, -0.15) is 0 Å². The highest BCUT2D eigenvalue weighted by atomic mass is 16.3. The van der Waals surface area contributed by atoms with E-state index in [9.17, 15) is 5.11 Å². The third kappa shape index (κ3) is 3.62. The molecule has 3 aliphatic rings. The molecule has 0 unspecified atom stereocenters. The Morgan fingerprint density at radius 1 is 0.811 bits per heavy atom. The summed E-state index contributed by atoms with van der Waals surface area (Å²) in [4.78, 5) is 0. The highest BCUT2D eigenvalue weighted by molar-refractivity contribution is 6.02. The van der Waals surface area contributed by atoms with Crippen LogP contribution in [0.3, 0.4) is 0 Å². The van der Waals surface area contributed by atoms with Crippen LogP contribution < -0.4 is 0 Å². The zero-order valence-electron chi connectivity index (χ0n) is 21.3. The van der Waals surface area contributed by atoms with E-state index in [2.05, 4.69) is 110 Å². The third-order valence-corrected chi connectivity index (χ3v) is 9.54. The minimum Gasteiger partial charge on any atom is -0.382 e. The van der Waals surface area contributed by atoms with Crippen molar-refractivity contribution in [3.8, 4) is 0 Å². The molecular weight excluding hydrogens is 450 g/mol. The Kier molecular flexibility index (Phi) is 5.42. The number of hydrogen-bond acceptors (Lipinski definition) is 1. The van der Waals surface area contributed by atoms with Gasteiger partial charge >= 0.3 is 0 Å². The summed E-state index contributed by atoms with van der Waals surface area (Å²) in [6.07, 6.45) is 3.95. The molecule has 5 aromatic carbocycles. The maximum atomic E-state index is 12.2. The largest absolute Gasteiger partial charge is 0.382 e. The van der Waals surface area contributed by atoms with Crippen LogP contribution in [0.25, 0.3) is 32.3 Å². The molecule has 3 fully saturated rings. The molecular formula is C35H34NO+. The third-order valence-electron chi connectivity index (χ3n) is 9.54. The molecule has 0 aliphatic carbocycles. The van der Waals surface area contributed by atoms with Crippen LogP contribution in [0.5, 0.6) is 0 Å². The Morgan fingerprint density at radius 3 is 2.14 bits per heavy atom. The van der Waals surface area contributed by atoms with Crippen LogP contribution in [0.1, 0.15) is 30.1 Å². The number of nitrogens with zero attached hydrogens (tertiary/aromatic N) is 1. The van der Waals surface area contributed by atoms with Crippen molar-refractivity contribution >= 4 is 32.3 Å². The summed E-state index contributed by atoms with van der Waals surface area (Å²) in [5.41, 5.74) is 2.50. The standard InChI is InChI=1S/C35H34NO/c1-2-24-22-36(23-33-30-15-7-4-11-27(30)20-28-12-5-8-16-31(28)33)19-18-26(24)21-34(36)35(37)32-17-9-13-25-10-3-6-14-29(25)32/h2-17,20,24,26,34-35,37H,1,18-19,21-23H2/q+1/t24-,26+,34-,35+,36+/m1/s1. The van der Waals surface area contributed by atoms with E-state index in [1.54, 1.807) is 0 Å². The van der Waals surface area contributed by atoms with E-state index < -0.39 is 6.10 Å². The van der Waals surface area contributed by atoms with Crippen molar-refractivity contribution in [2.45, 2.75) is 31.5 Å². The first-order valence-electron chi connectivity index (χ1n) is 13.7. The number of piperidine rings is 3. The fourth-order valence-electron chi connectivity index (χ4n) is 7.69. The van der Waals surface area contributed by atoms with E-state index in [1.165, 1.54) is 44.3 Å². The molecule has 2 nitrogen and oxygen atoms in total. The number of fused-ring (bicyclic) bond motifs is 6. The van der Waals surface area contributed by atoms with Crippen molar-refractivity contribution < 1.29 is 9.59 Å². The molecule has 0 saturated carbocycles. The average molecular weight is 485 g/mol. The predicted molar refractivity (Wildman–Crippen MR) is 154 cm³/mol. The molecule has 2 bridgehead atoms. The zero-order chi connectivity index (χ0) is 25.0. The molecule has 8 rings (SSSR count). The van der Waals surface area contributed by atoms with Gasteiger partial charge in [-0.25, -0.2) is 0 Å². The Labute approximate surface area is 219 Å². The Hall–Kier alpha value is -3.46. The molecule has 1 N–H and O–H groups in total. The summed E-state index contributed by atoms with van der Waals surface area (Å²) in [5.74, 6) is 1.11. The summed E-state index contributed by atoms with van der Waals surface area (Å²) in [5, 5.41) is 19.8. The van der Waals surface area contributed by atoms with Crippen molar-refractivity contribution in [2.24, 2.45) is 11.8 Å². The lowest BCUT2D eigenvalue weighted by Gasteiger charge is -2.58. The maximum absolute atomic E-state index is 12.2. The number of quaternary nitrogens is 1. The van der Waals surface area contributed by atoms with E-state index in [0.29, 0.717) is 11.8 Å². The van der Waals surface area contributed by atoms with Crippen LogP contribution in [0.2, 0.25) is 0 Å². The minimum absolute atomic E-state index is 0.165. The molecule has 5 atom stereocenters. The van der Waals surface area contributed by atoms with Gasteiger partial charge in [-0.15, -0.1) is 6.58 Å². The molecule has 3 aliphatic heterocycles. The predicted octanol–water partition coefficient (Wildman–Crippen LogP) is 7.79. The fourth-order valence-corrected chi connectivity index (χ4v) is 7.69. The highest BCUT2D eigenvalue weighted by Crippen LogP contribution is 2.49. The molecule has 184 valence electrons. The zero-order valence-corrected chi connectivity index (χ0v) is 21.3. The molecule has 0 amide bonds. The van der Waals surface area contributed by atoms with Gasteiger partial charge in [0.05, 0.1) is 13.1 Å². The second-order valence-corrected chi connectivity index (χ2v) is 11.3. The van der Waals surface area contributed by atoms with Crippen molar-refractivity contribution in [2.75, 3.05) is 13.1 Å². The van der Waals surface area contributed by atoms with E-state index in [4.69, 9.17) is 0 Å². The Bertz CT molecular complexity index is 1580. The van der Waals surface area contributed by atoms with Crippen LogP contribution in [0.4, 0.5) is 0 Å². The lowest BCUT2D eigenvalue weighted by Crippen LogP contribution is -2.67.